The standard InChI is InChI=1S/C11H13NO2.2C2H6/c13-9-4-1-3-8(7-9)10-5-2-6-12-11(10)14;2*1-2/h1,3-4,7,10,13H,2,5-6H2,(H,12,14);2*1-2H3. The Kier molecular flexibility index (Phi) is 8.71. The van der Waals surface area contributed by atoms with Crippen molar-refractivity contribution < 1.29 is 9.90 Å². The first kappa shape index (κ1) is 16.5. The van der Waals surface area contributed by atoms with Gasteiger partial charge in [0.1, 0.15) is 5.75 Å². The molecule has 1 heterocycles. The molecule has 0 bridgehead atoms. The maximum atomic E-state index is 11.5. The van der Waals surface area contributed by atoms with Crippen LogP contribution in [0.5, 0.6) is 5.75 Å². The molecule has 0 spiro atoms. The van der Waals surface area contributed by atoms with E-state index in [9.17, 15) is 9.90 Å². The van der Waals surface area contributed by atoms with Gasteiger partial charge in [-0.1, -0.05) is 39.8 Å². The Hall–Kier alpha value is -1.51. The highest BCUT2D eigenvalue weighted by Crippen LogP contribution is 2.26. The summed E-state index contributed by atoms with van der Waals surface area (Å²) in [6, 6.07) is 6.93. The van der Waals surface area contributed by atoms with Gasteiger partial charge in [-0.15, -0.1) is 0 Å². The van der Waals surface area contributed by atoms with Crippen LogP contribution in [-0.4, -0.2) is 17.6 Å². The number of rotatable bonds is 1. The molecule has 1 atom stereocenters. The molecule has 1 amide bonds. The van der Waals surface area contributed by atoms with Crippen LogP contribution in [0.1, 0.15) is 52.0 Å². The average Bonchev–Trinajstić information content (AvgIpc) is 2.44. The van der Waals surface area contributed by atoms with E-state index in [1.54, 1.807) is 18.2 Å². The highest BCUT2D eigenvalue weighted by Gasteiger charge is 2.23. The summed E-state index contributed by atoms with van der Waals surface area (Å²) in [5, 5.41) is 12.1. The van der Waals surface area contributed by atoms with Crippen molar-refractivity contribution in [2.75, 3.05) is 6.54 Å². The lowest BCUT2D eigenvalue weighted by atomic mass is 9.91. The Morgan fingerprint density at radius 2 is 1.89 bits per heavy atom. The highest BCUT2D eigenvalue weighted by molar-refractivity contribution is 5.84. The van der Waals surface area contributed by atoms with Gasteiger partial charge >= 0.3 is 0 Å². The predicted octanol–water partition coefficient (Wildman–Crippen LogP) is 3.44. The molecule has 0 aliphatic carbocycles. The molecule has 102 valence electrons. The number of hydrogen-bond acceptors (Lipinski definition) is 2. The smallest absolute Gasteiger partial charge is 0.227 e. The Balaban J connectivity index is 0.000000659. The molecule has 1 aliphatic heterocycles. The van der Waals surface area contributed by atoms with Crippen LogP contribution in [0.4, 0.5) is 0 Å². The summed E-state index contributed by atoms with van der Waals surface area (Å²) in [7, 11) is 0. The minimum Gasteiger partial charge on any atom is -0.508 e. The van der Waals surface area contributed by atoms with Crippen LogP contribution in [0.2, 0.25) is 0 Å². The number of piperidine rings is 1. The van der Waals surface area contributed by atoms with Crippen LogP contribution in [0.3, 0.4) is 0 Å². The normalized spacial score (nSPS) is 17.6. The molecule has 1 saturated heterocycles. The van der Waals surface area contributed by atoms with Crippen molar-refractivity contribution in [1.82, 2.24) is 5.32 Å². The summed E-state index contributed by atoms with van der Waals surface area (Å²) in [5.74, 6) is 0.207. The highest BCUT2D eigenvalue weighted by atomic mass is 16.3. The molecule has 2 rings (SSSR count). The largest absolute Gasteiger partial charge is 0.508 e. The zero-order valence-electron chi connectivity index (χ0n) is 11.9. The first-order chi connectivity index (χ1) is 8.77. The Bertz CT molecular complexity index is 350. The lowest BCUT2D eigenvalue weighted by molar-refractivity contribution is -0.123. The Morgan fingerprint density at radius 3 is 2.44 bits per heavy atom. The molecule has 0 saturated carbocycles. The SMILES string of the molecule is CC.CC.O=C1NCCCC1c1cccc(O)c1. The van der Waals surface area contributed by atoms with Gasteiger partial charge in [-0.3, -0.25) is 4.79 Å². The number of benzene rings is 1. The second-order valence-electron chi connectivity index (χ2n) is 3.58. The van der Waals surface area contributed by atoms with E-state index in [-0.39, 0.29) is 17.6 Å². The van der Waals surface area contributed by atoms with E-state index < -0.39 is 0 Å². The summed E-state index contributed by atoms with van der Waals surface area (Å²) in [6.07, 6.45) is 1.88. The fraction of sp³-hybridized carbons (Fsp3) is 0.533. The molecule has 18 heavy (non-hydrogen) atoms. The van der Waals surface area contributed by atoms with E-state index in [4.69, 9.17) is 0 Å². The lowest BCUT2D eigenvalue weighted by Gasteiger charge is -2.22. The van der Waals surface area contributed by atoms with Gasteiger partial charge < -0.3 is 10.4 Å². The second kappa shape index (κ2) is 9.51. The summed E-state index contributed by atoms with van der Waals surface area (Å²) in [6.45, 7) is 8.77. The number of amides is 1. The fourth-order valence-electron chi connectivity index (χ4n) is 1.83. The molecule has 1 fully saturated rings. The van der Waals surface area contributed by atoms with E-state index in [0.717, 1.165) is 24.9 Å². The van der Waals surface area contributed by atoms with Crippen molar-refractivity contribution in [3.63, 3.8) is 0 Å². The van der Waals surface area contributed by atoms with Gasteiger partial charge in [-0.25, -0.2) is 0 Å². The molecule has 1 unspecified atom stereocenters. The minimum absolute atomic E-state index is 0.0712. The number of phenols is 1. The van der Waals surface area contributed by atoms with Crippen molar-refractivity contribution >= 4 is 5.91 Å². The molecular weight excluding hydrogens is 226 g/mol. The number of carbonyl (C=O) groups is 1. The summed E-state index contributed by atoms with van der Waals surface area (Å²) in [5.41, 5.74) is 0.905. The van der Waals surface area contributed by atoms with E-state index in [1.807, 2.05) is 33.8 Å². The first-order valence-electron chi connectivity index (χ1n) is 6.84. The molecule has 1 aromatic carbocycles. The fourth-order valence-corrected chi connectivity index (χ4v) is 1.83. The van der Waals surface area contributed by atoms with Crippen LogP contribution < -0.4 is 5.32 Å². The van der Waals surface area contributed by atoms with Crippen molar-refractivity contribution in [1.29, 1.82) is 0 Å². The van der Waals surface area contributed by atoms with Crippen LogP contribution in [0.15, 0.2) is 24.3 Å². The van der Waals surface area contributed by atoms with Crippen LogP contribution in [0.25, 0.3) is 0 Å². The van der Waals surface area contributed by atoms with Crippen LogP contribution in [-0.2, 0) is 4.79 Å². The lowest BCUT2D eigenvalue weighted by Crippen LogP contribution is -2.34. The van der Waals surface area contributed by atoms with E-state index in [0.29, 0.717) is 0 Å². The van der Waals surface area contributed by atoms with E-state index >= 15 is 0 Å². The van der Waals surface area contributed by atoms with Crippen molar-refractivity contribution in [2.24, 2.45) is 0 Å². The molecule has 0 radical (unpaired) electrons. The van der Waals surface area contributed by atoms with Gasteiger partial charge in [0, 0.05) is 6.54 Å². The van der Waals surface area contributed by atoms with E-state index in [2.05, 4.69) is 5.32 Å². The van der Waals surface area contributed by atoms with Gasteiger partial charge in [-0.2, -0.15) is 0 Å². The summed E-state index contributed by atoms with van der Waals surface area (Å²) >= 11 is 0. The molecule has 1 aromatic rings. The van der Waals surface area contributed by atoms with Gasteiger partial charge in [0.2, 0.25) is 5.91 Å². The summed E-state index contributed by atoms with van der Waals surface area (Å²) < 4.78 is 0. The Morgan fingerprint density at radius 1 is 1.22 bits per heavy atom. The topological polar surface area (TPSA) is 49.3 Å². The minimum atomic E-state index is -0.0872. The van der Waals surface area contributed by atoms with Gasteiger partial charge in [0.05, 0.1) is 5.92 Å². The number of aromatic hydroxyl groups is 1. The molecular formula is C15H25NO2. The zero-order valence-corrected chi connectivity index (χ0v) is 11.9. The average molecular weight is 251 g/mol. The molecule has 2 N–H and O–H groups in total. The van der Waals surface area contributed by atoms with E-state index in [1.165, 1.54) is 0 Å². The number of carbonyl (C=O) groups excluding carboxylic acids is 1. The van der Waals surface area contributed by atoms with Crippen LogP contribution >= 0.6 is 0 Å². The quantitative estimate of drug-likeness (QED) is 0.803. The van der Waals surface area contributed by atoms with Crippen molar-refractivity contribution in [2.45, 2.75) is 46.5 Å². The first-order valence-corrected chi connectivity index (χ1v) is 6.84. The van der Waals surface area contributed by atoms with Gasteiger partial charge in [-0.05, 0) is 30.5 Å². The monoisotopic (exact) mass is 251 g/mol. The number of phenolic OH excluding ortho intramolecular Hbond substituents is 1. The third-order valence-electron chi connectivity index (χ3n) is 2.56. The summed E-state index contributed by atoms with van der Waals surface area (Å²) in [4.78, 5) is 11.5. The second-order valence-corrected chi connectivity index (χ2v) is 3.58. The maximum absolute atomic E-state index is 11.5. The van der Waals surface area contributed by atoms with Gasteiger partial charge in [0.25, 0.3) is 0 Å². The van der Waals surface area contributed by atoms with Crippen LogP contribution in [0, 0.1) is 0 Å². The third-order valence-corrected chi connectivity index (χ3v) is 2.56. The number of hydrogen-bond donors (Lipinski definition) is 2. The molecule has 1 aliphatic rings. The van der Waals surface area contributed by atoms with Gasteiger partial charge in [0.15, 0.2) is 0 Å². The predicted molar refractivity (Wildman–Crippen MR) is 75.8 cm³/mol. The zero-order chi connectivity index (χ0) is 14.0. The third kappa shape index (κ3) is 4.78. The molecule has 0 aromatic heterocycles. The van der Waals surface area contributed by atoms with Crippen molar-refractivity contribution in [3.8, 4) is 5.75 Å². The van der Waals surface area contributed by atoms with Crippen molar-refractivity contribution in [3.05, 3.63) is 29.8 Å². The number of nitrogens with one attached hydrogen (secondary N) is 1. The molecule has 3 heteroatoms. The molecule has 3 nitrogen and oxygen atoms in total. The maximum Gasteiger partial charge on any atom is 0.227 e. The Labute approximate surface area is 110 Å².